The molecule has 0 spiro atoms. The summed E-state index contributed by atoms with van der Waals surface area (Å²) in [6.45, 7) is 1.64. The molecule has 0 aromatic heterocycles. The summed E-state index contributed by atoms with van der Waals surface area (Å²) in [5.41, 5.74) is 1.96. The molecule has 0 saturated carbocycles. The van der Waals surface area contributed by atoms with Crippen LogP contribution in [0.25, 0.3) is 0 Å². The zero-order valence-corrected chi connectivity index (χ0v) is 17.4. The number of carbonyl (C=O) groups is 1. The number of halogens is 2. The van der Waals surface area contributed by atoms with Gasteiger partial charge in [0.2, 0.25) is 10.0 Å². The van der Waals surface area contributed by atoms with E-state index in [4.69, 9.17) is 11.6 Å². The molecule has 0 fully saturated rings. The van der Waals surface area contributed by atoms with Gasteiger partial charge in [0.05, 0.1) is 22.3 Å². The lowest BCUT2D eigenvalue weighted by Crippen LogP contribution is -2.40. The predicted molar refractivity (Wildman–Crippen MR) is 112 cm³/mol. The number of amides is 2. The molecule has 1 heterocycles. The summed E-state index contributed by atoms with van der Waals surface area (Å²) in [5.74, 6) is -0.409. The van der Waals surface area contributed by atoms with Gasteiger partial charge in [0, 0.05) is 11.6 Å². The molecule has 9 heteroatoms. The number of nitrogens with zero attached hydrogens (tertiary/aromatic N) is 2. The Kier molecular flexibility index (Phi) is 5.31. The van der Waals surface area contributed by atoms with Crippen molar-refractivity contribution in [2.75, 3.05) is 0 Å². The highest BCUT2D eigenvalue weighted by Gasteiger charge is 2.34. The van der Waals surface area contributed by atoms with E-state index in [0.717, 1.165) is 0 Å². The predicted octanol–water partition coefficient (Wildman–Crippen LogP) is 3.96. The van der Waals surface area contributed by atoms with Crippen molar-refractivity contribution in [1.29, 1.82) is 0 Å². The second kappa shape index (κ2) is 7.79. The average Bonchev–Trinajstić information content (AvgIpc) is 3.08. The number of benzene rings is 2. The van der Waals surface area contributed by atoms with Crippen LogP contribution in [-0.4, -0.2) is 30.5 Å². The Hall–Kier alpha value is -2.81. The summed E-state index contributed by atoms with van der Waals surface area (Å²) in [6, 6.07) is 9.14. The van der Waals surface area contributed by atoms with E-state index in [-0.39, 0.29) is 11.4 Å². The van der Waals surface area contributed by atoms with Crippen LogP contribution in [-0.2, 0) is 16.6 Å². The first-order valence-corrected chi connectivity index (χ1v) is 10.9. The first-order chi connectivity index (χ1) is 14.3. The van der Waals surface area contributed by atoms with Gasteiger partial charge in [-0.25, -0.2) is 17.6 Å². The molecule has 1 atom stereocenters. The third-order valence-electron chi connectivity index (χ3n) is 4.92. The fourth-order valence-electron chi connectivity index (χ4n) is 3.34. The highest BCUT2D eigenvalue weighted by molar-refractivity contribution is 7.89. The summed E-state index contributed by atoms with van der Waals surface area (Å²) in [5, 5.41) is 2.94. The third kappa shape index (κ3) is 3.81. The lowest BCUT2D eigenvalue weighted by atomic mass is 10.1. The Morgan fingerprint density at radius 2 is 1.93 bits per heavy atom. The Labute approximate surface area is 178 Å². The van der Waals surface area contributed by atoms with Gasteiger partial charge in [-0.15, -0.1) is 0 Å². The molecule has 2 aromatic carbocycles. The van der Waals surface area contributed by atoms with Crippen molar-refractivity contribution in [3.05, 3.63) is 88.4 Å². The molecule has 1 aliphatic heterocycles. The topological polar surface area (TPSA) is 78.8 Å². The van der Waals surface area contributed by atoms with E-state index in [1.807, 2.05) is 0 Å². The van der Waals surface area contributed by atoms with E-state index in [0.29, 0.717) is 27.6 Å². The van der Waals surface area contributed by atoms with Crippen molar-refractivity contribution in [3.63, 3.8) is 0 Å². The van der Waals surface area contributed by atoms with Crippen LogP contribution < -0.4 is 5.32 Å². The molecule has 4 rings (SSSR count). The lowest BCUT2D eigenvalue weighted by Gasteiger charge is -2.29. The van der Waals surface area contributed by atoms with Gasteiger partial charge in [0.25, 0.3) is 0 Å². The van der Waals surface area contributed by atoms with Crippen LogP contribution in [0.5, 0.6) is 0 Å². The maximum absolute atomic E-state index is 13.6. The highest BCUT2D eigenvalue weighted by Crippen LogP contribution is 2.30. The van der Waals surface area contributed by atoms with Gasteiger partial charge < -0.3 is 5.32 Å². The Morgan fingerprint density at radius 3 is 2.67 bits per heavy atom. The molecular formula is C21H17ClFN3O3S. The van der Waals surface area contributed by atoms with Crippen LogP contribution in [0.3, 0.4) is 0 Å². The van der Waals surface area contributed by atoms with Crippen LogP contribution in [0.2, 0.25) is 5.02 Å². The average molecular weight is 446 g/mol. The summed E-state index contributed by atoms with van der Waals surface area (Å²) in [7, 11) is -4.00. The Bertz CT molecular complexity index is 1220. The third-order valence-corrected chi connectivity index (χ3v) is 7.31. The fraction of sp³-hybridized carbons (Fsp3) is 0.143. The molecule has 0 bridgehead atoms. The molecule has 1 N–H and O–H groups in total. The van der Waals surface area contributed by atoms with Crippen LogP contribution in [0.15, 0.2) is 76.3 Å². The summed E-state index contributed by atoms with van der Waals surface area (Å²) < 4.78 is 41.9. The molecule has 154 valence electrons. The zero-order chi connectivity index (χ0) is 21.5. The van der Waals surface area contributed by atoms with Gasteiger partial charge in [-0.2, -0.15) is 9.30 Å². The largest absolute Gasteiger partial charge is 0.346 e. The normalized spacial score (nSPS) is 18.1. The molecule has 1 aliphatic carbocycles. The van der Waals surface area contributed by atoms with Crippen LogP contribution >= 0.6 is 11.6 Å². The van der Waals surface area contributed by atoms with Crippen molar-refractivity contribution in [1.82, 2.24) is 9.62 Å². The molecule has 6 nitrogen and oxygen atoms in total. The number of hydrogen-bond donors (Lipinski definition) is 1. The second-order valence-corrected chi connectivity index (χ2v) is 9.16. The summed E-state index contributed by atoms with van der Waals surface area (Å²) in [4.78, 5) is 15.5. The minimum Gasteiger partial charge on any atom is -0.304 e. The summed E-state index contributed by atoms with van der Waals surface area (Å²) in [6.07, 6.45) is 4.89. The fourth-order valence-corrected chi connectivity index (χ4v) is 5.34. The molecule has 2 amide bonds. The van der Waals surface area contributed by atoms with Gasteiger partial charge in [0.15, 0.2) is 0 Å². The van der Waals surface area contributed by atoms with Crippen molar-refractivity contribution < 1.29 is 17.6 Å². The zero-order valence-electron chi connectivity index (χ0n) is 15.8. The number of aliphatic imine (C=N–C) groups is 1. The number of nitrogens with one attached hydrogen (secondary N) is 1. The van der Waals surface area contributed by atoms with Crippen LogP contribution in [0.4, 0.5) is 9.18 Å². The van der Waals surface area contributed by atoms with Gasteiger partial charge >= 0.3 is 6.03 Å². The highest BCUT2D eigenvalue weighted by atomic mass is 35.5. The number of carbonyl (C=O) groups excluding carboxylic acids is 1. The lowest BCUT2D eigenvalue weighted by molar-refractivity contribution is 0.253. The SMILES string of the molecule is Cc1c(Cl)cccc1S(=O)(=O)N(Cc1ccc(F)cc1)C1C=CC2=NC(=O)NC2=C1. The smallest absolute Gasteiger partial charge is 0.304 e. The number of allylic oxidation sites excluding steroid dienone is 1. The minimum atomic E-state index is -4.00. The van der Waals surface area contributed by atoms with Crippen molar-refractivity contribution in [2.24, 2.45) is 4.99 Å². The van der Waals surface area contributed by atoms with Crippen molar-refractivity contribution >= 4 is 33.4 Å². The van der Waals surface area contributed by atoms with Crippen LogP contribution in [0.1, 0.15) is 11.1 Å². The van der Waals surface area contributed by atoms with Gasteiger partial charge in [0.1, 0.15) is 5.82 Å². The number of sulfonamides is 1. The Morgan fingerprint density at radius 1 is 1.20 bits per heavy atom. The van der Waals surface area contributed by atoms with Crippen LogP contribution in [0, 0.1) is 12.7 Å². The standard InChI is InChI=1S/C21H17ClFN3O3S/c1-13-17(22)3-2-4-20(13)30(28,29)26(12-14-5-7-15(23)8-6-14)16-9-10-18-19(11-16)25-21(27)24-18/h2-11,16H,12H2,1H3,(H,25,27). The molecule has 0 saturated heterocycles. The van der Waals surface area contributed by atoms with Gasteiger partial charge in [-0.1, -0.05) is 35.9 Å². The molecular weight excluding hydrogens is 429 g/mol. The number of rotatable bonds is 5. The minimum absolute atomic E-state index is 0.00617. The second-order valence-electron chi connectivity index (χ2n) is 6.90. The molecule has 2 aliphatic rings. The molecule has 30 heavy (non-hydrogen) atoms. The van der Waals surface area contributed by atoms with E-state index in [1.54, 1.807) is 37.3 Å². The first kappa shape index (κ1) is 20.5. The Balaban J connectivity index is 1.79. The number of urea groups is 1. The quantitative estimate of drug-likeness (QED) is 0.756. The number of hydrogen-bond acceptors (Lipinski definition) is 3. The van der Waals surface area contributed by atoms with Crippen molar-refractivity contribution in [3.8, 4) is 0 Å². The van der Waals surface area contributed by atoms with Gasteiger partial charge in [-0.05, 0) is 54.5 Å². The van der Waals surface area contributed by atoms with E-state index in [9.17, 15) is 17.6 Å². The monoisotopic (exact) mass is 445 g/mol. The van der Waals surface area contributed by atoms with Gasteiger partial charge in [-0.3, -0.25) is 0 Å². The number of fused-ring (bicyclic) bond motifs is 1. The van der Waals surface area contributed by atoms with Crippen molar-refractivity contribution in [2.45, 2.75) is 24.4 Å². The maximum Gasteiger partial charge on any atom is 0.346 e. The summed E-state index contributed by atoms with van der Waals surface area (Å²) >= 11 is 6.16. The molecule has 1 unspecified atom stereocenters. The van der Waals surface area contributed by atoms with E-state index >= 15 is 0 Å². The van der Waals surface area contributed by atoms with E-state index < -0.39 is 27.9 Å². The maximum atomic E-state index is 13.6. The van der Waals surface area contributed by atoms with E-state index in [1.165, 1.54) is 34.6 Å². The first-order valence-electron chi connectivity index (χ1n) is 9.07. The van der Waals surface area contributed by atoms with E-state index in [2.05, 4.69) is 10.3 Å². The molecule has 2 aromatic rings. The molecule has 0 radical (unpaired) electrons.